The average molecular weight is 869 g/mol. The van der Waals surface area contributed by atoms with Gasteiger partial charge < -0.3 is 33.2 Å². The summed E-state index contributed by atoms with van der Waals surface area (Å²) in [6.07, 6.45) is 2.21. The van der Waals surface area contributed by atoms with Crippen LogP contribution in [-0.4, -0.2) is 72.7 Å². The van der Waals surface area contributed by atoms with Crippen LogP contribution in [0.3, 0.4) is 0 Å². The summed E-state index contributed by atoms with van der Waals surface area (Å²) < 4.78 is 54.8. The van der Waals surface area contributed by atoms with Gasteiger partial charge in [-0.3, -0.25) is 9.89 Å². The van der Waals surface area contributed by atoms with Gasteiger partial charge in [0.15, 0.2) is 17.2 Å². The lowest BCUT2D eigenvalue weighted by Crippen LogP contribution is -2.32. The minimum atomic E-state index is -2.10. The normalized spacial score (nSPS) is 12.1. The molecule has 0 radical (unpaired) electrons. The van der Waals surface area contributed by atoms with E-state index in [0.29, 0.717) is 52.6 Å². The fourth-order valence-corrected chi connectivity index (χ4v) is 6.77. The fraction of sp³-hybridized carbons (Fsp3) is 0.217. The molecule has 0 spiro atoms. The number of fused-ring (bicyclic) bond motifs is 1. The second kappa shape index (κ2) is 20.7. The number of ether oxygens (including phenoxy) is 5. The van der Waals surface area contributed by atoms with Crippen molar-refractivity contribution >= 4 is 28.5 Å². The summed E-state index contributed by atoms with van der Waals surface area (Å²) in [6.45, 7) is 8.11. The third-order valence-corrected chi connectivity index (χ3v) is 9.90. The van der Waals surface area contributed by atoms with Crippen molar-refractivity contribution < 1.29 is 36.9 Å². The number of hydrogen-bond donors (Lipinski definition) is 3. The molecule has 63 heavy (non-hydrogen) atoms. The van der Waals surface area contributed by atoms with Gasteiger partial charge in [-0.2, -0.15) is 9.31 Å². The molecule has 3 atom stereocenters. The van der Waals surface area contributed by atoms with Crippen molar-refractivity contribution in [3.63, 3.8) is 0 Å². The maximum absolute atomic E-state index is 13.7. The van der Waals surface area contributed by atoms with Crippen molar-refractivity contribution in [2.75, 3.05) is 32.2 Å². The molecule has 0 aliphatic rings. The SMILES string of the molecule is CC#CC#CC(Oc1ccc(C)cc1C)C(=O)Nc1ccc(Oc2ccc(OC)cc2)c(OS(=O)NCC(C)c2nc3c(-n4cccn4)c(OCCOc4ccccc4)nn3[nH]2)c1. The molecule has 16 nitrogen and oxygen atoms in total. The number of hydrogen-bond acceptors (Lipinski definition) is 11. The van der Waals surface area contributed by atoms with Crippen molar-refractivity contribution in [3.8, 4) is 69.7 Å². The Morgan fingerprint density at radius 2 is 1.67 bits per heavy atom. The standard InChI is InChI=1S/C46H44N8O8S/c1-6-7-9-15-40(61-38-22-16-31(2)28-32(38)3)45(55)49-34-17-23-39(60-37-20-18-35(57-5)19-21-37)41(29-34)62-63(56)48-30-33(4)43-50-44-42(53-25-12-24-47-53)46(52-54(44)51-43)59-27-26-58-36-13-10-8-11-14-36/h8,10-14,16-25,28-29,33,40,48H,26-27,30H2,1-5H3,(H,49,55)(H,50,51). The average Bonchev–Trinajstić information content (AvgIpc) is 4.04. The zero-order valence-electron chi connectivity index (χ0n) is 35.1. The Morgan fingerprint density at radius 1 is 0.889 bits per heavy atom. The van der Waals surface area contributed by atoms with Crippen molar-refractivity contribution in [1.82, 2.24) is 34.3 Å². The van der Waals surface area contributed by atoms with Crippen LogP contribution < -0.4 is 37.9 Å². The van der Waals surface area contributed by atoms with E-state index in [1.54, 1.807) is 79.6 Å². The van der Waals surface area contributed by atoms with E-state index in [2.05, 4.69) is 49.0 Å². The first-order valence-corrected chi connectivity index (χ1v) is 20.8. The van der Waals surface area contributed by atoms with Crippen LogP contribution in [0.1, 0.15) is 36.7 Å². The molecule has 322 valence electrons. The van der Waals surface area contributed by atoms with Gasteiger partial charge >= 0.3 is 0 Å². The number of carbonyl (C=O) groups excluding carboxylic acids is 1. The molecule has 0 saturated carbocycles. The highest BCUT2D eigenvalue weighted by Crippen LogP contribution is 2.35. The number of aryl methyl sites for hydroxylation is 2. The van der Waals surface area contributed by atoms with Crippen LogP contribution >= 0.6 is 0 Å². The Kier molecular flexibility index (Phi) is 14.2. The molecule has 17 heteroatoms. The Labute approximate surface area is 366 Å². The van der Waals surface area contributed by atoms with Crippen LogP contribution in [0, 0.1) is 37.5 Å². The van der Waals surface area contributed by atoms with Crippen LogP contribution in [-0.2, 0) is 16.1 Å². The van der Waals surface area contributed by atoms with Crippen LogP contribution in [0.4, 0.5) is 5.69 Å². The predicted molar refractivity (Wildman–Crippen MR) is 237 cm³/mol. The van der Waals surface area contributed by atoms with E-state index in [1.807, 2.05) is 63.2 Å². The van der Waals surface area contributed by atoms with E-state index in [1.165, 1.54) is 10.7 Å². The second-order valence-corrected chi connectivity index (χ2v) is 14.8. The van der Waals surface area contributed by atoms with E-state index in [9.17, 15) is 9.00 Å². The van der Waals surface area contributed by atoms with Gasteiger partial charge in [0, 0.05) is 36.6 Å². The minimum Gasteiger partial charge on any atom is -0.497 e. The topological polar surface area (TPSA) is 177 Å². The molecule has 3 N–H and O–H groups in total. The molecule has 7 rings (SSSR count). The lowest BCUT2D eigenvalue weighted by atomic mass is 10.1. The van der Waals surface area contributed by atoms with Crippen LogP contribution in [0.15, 0.2) is 109 Å². The number of nitrogens with one attached hydrogen (secondary N) is 3. The van der Waals surface area contributed by atoms with Gasteiger partial charge in [0.1, 0.15) is 42.0 Å². The largest absolute Gasteiger partial charge is 0.497 e. The van der Waals surface area contributed by atoms with E-state index in [0.717, 1.165) is 16.9 Å². The van der Waals surface area contributed by atoms with Gasteiger partial charge in [-0.25, -0.2) is 14.4 Å². The first kappa shape index (κ1) is 43.4. The Balaban J connectivity index is 1.05. The molecule has 1 amide bonds. The number of H-pyrrole nitrogens is 1. The quantitative estimate of drug-likeness (QED) is 0.0570. The van der Waals surface area contributed by atoms with Gasteiger partial charge in [0.2, 0.25) is 11.8 Å². The molecule has 7 aromatic rings. The molecule has 3 unspecified atom stereocenters. The number of rotatable bonds is 19. The van der Waals surface area contributed by atoms with E-state index < -0.39 is 23.3 Å². The lowest BCUT2D eigenvalue weighted by molar-refractivity contribution is -0.120. The zero-order valence-corrected chi connectivity index (χ0v) is 35.9. The summed E-state index contributed by atoms with van der Waals surface area (Å²) in [5.41, 5.74) is 3.21. The zero-order chi connectivity index (χ0) is 44.1. The third-order valence-electron chi connectivity index (χ3n) is 9.16. The molecular formula is C46H44N8O8S. The molecule has 0 bridgehead atoms. The number of nitrogens with zero attached hydrogens (tertiary/aromatic N) is 5. The molecule has 4 aromatic carbocycles. The number of para-hydroxylation sites is 1. The Morgan fingerprint density at radius 3 is 2.41 bits per heavy atom. The molecule has 3 aromatic heterocycles. The van der Waals surface area contributed by atoms with Crippen molar-refractivity contribution in [2.45, 2.75) is 39.7 Å². The highest BCUT2D eigenvalue weighted by Gasteiger charge is 2.24. The van der Waals surface area contributed by atoms with Crippen LogP contribution in [0.2, 0.25) is 0 Å². The highest BCUT2D eigenvalue weighted by molar-refractivity contribution is 7.78. The van der Waals surface area contributed by atoms with E-state index >= 15 is 0 Å². The predicted octanol–water partition coefficient (Wildman–Crippen LogP) is 6.88. The number of aromatic amines is 1. The number of carbonyl (C=O) groups is 1. The summed E-state index contributed by atoms with van der Waals surface area (Å²) in [4.78, 5) is 18.5. The van der Waals surface area contributed by atoms with Gasteiger partial charge in [0.25, 0.3) is 23.1 Å². The second-order valence-electron chi connectivity index (χ2n) is 13.9. The van der Waals surface area contributed by atoms with Gasteiger partial charge in [-0.15, -0.1) is 9.73 Å². The Hall–Kier alpha value is -7.73. The maximum Gasteiger partial charge on any atom is 0.288 e. The first-order chi connectivity index (χ1) is 30.7. The van der Waals surface area contributed by atoms with E-state index in [4.69, 9.17) is 32.9 Å². The number of methoxy groups -OCH3 is 1. The van der Waals surface area contributed by atoms with Crippen molar-refractivity contribution in [2.24, 2.45) is 0 Å². The van der Waals surface area contributed by atoms with Gasteiger partial charge in [-0.1, -0.05) is 48.7 Å². The van der Waals surface area contributed by atoms with Gasteiger partial charge in [0.05, 0.1) is 7.11 Å². The summed E-state index contributed by atoms with van der Waals surface area (Å²) in [5, 5.41) is 15.0. The molecule has 0 fully saturated rings. The van der Waals surface area contributed by atoms with Crippen molar-refractivity contribution in [3.05, 3.63) is 126 Å². The van der Waals surface area contributed by atoms with Crippen molar-refractivity contribution in [1.29, 1.82) is 0 Å². The summed E-state index contributed by atoms with van der Waals surface area (Å²) in [7, 11) is 1.57. The Bertz CT molecular complexity index is 2800. The minimum absolute atomic E-state index is 0.0684. The van der Waals surface area contributed by atoms with Crippen LogP contribution in [0.25, 0.3) is 11.3 Å². The third kappa shape index (κ3) is 11.4. The number of benzene rings is 4. The molecule has 0 aliphatic carbocycles. The summed E-state index contributed by atoms with van der Waals surface area (Å²) >= 11 is -2.10. The van der Waals surface area contributed by atoms with Crippen LogP contribution in [0.5, 0.6) is 40.4 Å². The number of amides is 1. The smallest absolute Gasteiger partial charge is 0.288 e. The number of anilines is 1. The van der Waals surface area contributed by atoms with E-state index in [-0.39, 0.29) is 30.6 Å². The lowest BCUT2D eigenvalue weighted by Gasteiger charge is -2.17. The molecule has 0 aliphatic heterocycles. The fourth-order valence-electron chi connectivity index (χ4n) is 6.03. The maximum atomic E-state index is 13.7. The molecule has 0 saturated heterocycles. The summed E-state index contributed by atoms with van der Waals surface area (Å²) in [5.74, 6) is 13.5. The molecule has 3 heterocycles. The van der Waals surface area contributed by atoms with Gasteiger partial charge in [-0.05, 0) is 105 Å². The number of aromatic nitrogens is 6. The first-order valence-electron chi connectivity index (χ1n) is 19.7. The summed E-state index contributed by atoms with van der Waals surface area (Å²) in [6, 6.07) is 28.5. The molecular weight excluding hydrogens is 825 g/mol. The monoisotopic (exact) mass is 868 g/mol. The highest BCUT2D eigenvalue weighted by atomic mass is 32.2.